The Morgan fingerprint density at radius 1 is 1.33 bits per heavy atom. The Hall–Kier alpha value is -0.830. The number of ether oxygens (including phenoxy) is 1. The standard InChI is InChI=1S/C12H20FNO/c1-5-12(13)6-9(2)14-7-10(3)15-11(4)8-14/h5-6,10-11H,7-8H2,1-4H3/b9-6+,12-5+. The maximum absolute atomic E-state index is 13.1. The highest BCUT2D eigenvalue weighted by Gasteiger charge is 2.21. The van der Waals surface area contributed by atoms with Crippen LogP contribution in [0.3, 0.4) is 0 Å². The number of rotatable bonds is 2. The maximum Gasteiger partial charge on any atom is 0.120 e. The van der Waals surface area contributed by atoms with Gasteiger partial charge in [-0.2, -0.15) is 0 Å². The van der Waals surface area contributed by atoms with Crippen molar-refractivity contribution in [1.29, 1.82) is 0 Å². The first kappa shape index (κ1) is 12.2. The molecule has 0 spiro atoms. The van der Waals surface area contributed by atoms with Crippen molar-refractivity contribution in [3.05, 3.63) is 23.7 Å². The van der Waals surface area contributed by atoms with E-state index in [1.807, 2.05) is 20.8 Å². The van der Waals surface area contributed by atoms with Crippen LogP contribution in [0.5, 0.6) is 0 Å². The summed E-state index contributed by atoms with van der Waals surface area (Å²) in [5.74, 6) is -0.181. The van der Waals surface area contributed by atoms with E-state index in [1.165, 1.54) is 6.08 Å². The Bertz CT molecular complexity index is 263. The third-order valence-corrected chi connectivity index (χ3v) is 2.54. The predicted molar refractivity (Wildman–Crippen MR) is 60.2 cm³/mol. The summed E-state index contributed by atoms with van der Waals surface area (Å²) in [7, 11) is 0. The monoisotopic (exact) mass is 213 g/mol. The Balaban J connectivity index is 2.66. The fourth-order valence-corrected chi connectivity index (χ4v) is 1.84. The average Bonchev–Trinajstić information content (AvgIpc) is 2.16. The van der Waals surface area contributed by atoms with Crippen LogP contribution in [0.4, 0.5) is 4.39 Å². The number of hydrogen-bond acceptors (Lipinski definition) is 2. The van der Waals surface area contributed by atoms with E-state index < -0.39 is 0 Å². The van der Waals surface area contributed by atoms with Gasteiger partial charge in [0, 0.05) is 18.8 Å². The molecule has 0 N–H and O–H groups in total. The Morgan fingerprint density at radius 2 is 1.87 bits per heavy atom. The number of allylic oxidation sites excluding steroid dienone is 4. The van der Waals surface area contributed by atoms with Crippen LogP contribution in [-0.4, -0.2) is 30.2 Å². The van der Waals surface area contributed by atoms with Crippen LogP contribution in [0.2, 0.25) is 0 Å². The lowest BCUT2D eigenvalue weighted by Gasteiger charge is -2.37. The van der Waals surface area contributed by atoms with Crippen LogP contribution in [0, 0.1) is 0 Å². The van der Waals surface area contributed by atoms with Gasteiger partial charge in [-0.15, -0.1) is 0 Å². The largest absolute Gasteiger partial charge is 0.372 e. The lowest BCUT2D eigenvalue weighted by atomic mass is 10.2. The summed E-state index contributed by atoms with van der Waals surface area (Å²) < 4.78 is 18.7. The van der Waals surface area contributed by atoms with Crippen molar-refractivity contribution in [2.75, 3.05) is 13.1 Å². The molecule has 15 heavy (non-hydrogen) atoms. The second kappa shape index (κ2) is 5.31. The molecule has 0 amide bonds. The molecule has 0 bridgehead atoms. The molecule has 86 valence electrons. The summed E-state index contributed by atoms with van der Waals surface area (Å²) in [4.78, 5) is 2.17. The molecule has 1 aliphatic heterocycles. The molecule has 1 heterocycles. The lowest BCUT2D eigenvalue weighted by molar-refractivity contribution is -0.0577. The second-order valence-corrected chi connectivity index (χ2v) is 4.12. The van der Waals surface area contributed by atoms with E-state index in [1.54, 1.807) is 13.0 Å². The number of hydrogen-bond donors (Lipinski definition) is 0. The van der Waals surface area contributed by atoms with E-state index >= 15 is 0 Å². The van der Waals surface area contributed by atoms with Crippen molar-refractivity contribution in [2.45, 2.75) is 39.9 Å². The molecule has 0 aromatic heterocycles. The first-order valence-electron chi connectivity index (χ1n) is 5.43. The van der Waals surface area contributed by atoms with Crippen molar-refractivity contribution in [3.8, 4) is 0 Å². The summed E-state index contributed by atoms with van der Waals surface area (Å²) >= 11 is 0. The second-order valence-electron chi connectivity index (χ2n) is 4.12. The summed E-state index contributed by atoms with van der Waals surface area (Å²) in [6.07, 6.45) is 3.47. The van der Waals surface area contributed by atoms with E-state index in [-0.39, 0.29) is 18.0 Å². The summed E-state index contributed by atoms with van der Waals surface area (Å²) in [6.45, 7) is 9.40. The van der Waals surface area contributed by atoms with E-state index in [0.717, 1.165) is 18.8 Å². The van der Waals surface area contributed by atoms with Crippen LogP contribution in [-0.2, 0) is 4.74 Å². The molecule has 3 heteroatoms. The van der Waals surface area contributed by atoms with Crippen molar-refractivity contribution in [3.63, 3.8) is 0 Å². The molecule has 2 nitrogen and oxygen atoms in total. The van der Waals surface area contributed by atoms with Crippen LogP contribution in [0.1, 0.15) is 27.7 Å². The third kappa shape index (κ3) is 3.67. The van der Waals surface area contributed by atoms with Gasteiger partial charge in [-0.25, -0.2) is 4.39 Å². The van der Waals surface area contributed by atoms with E-state index in [2.05, 4.69) is 4.90 Å². The number of nitrogens with zero attached hydrogens (tertiary/aromatic N) is 1. The molecule has 1 fully saturated rings. The third-order valence-electron chi connectivity index (χ3n) is 2.54. The van der Waals surface area contributed by atoms with E-state index in [9.17, 15) is 4.39 Å². The van der Waals surface area contributed by atoms with Gasteiger partial charge >= 0.3 is 0 Å². The zero-order chi connectivity index (χ0) is 11.4. The molecule has 0 aromatic rings. The first-order valence-corrected chi connectivity index (χ1v) is 5.43. The van der Waals surface area contributed by atoms with Crippen LogP contribution in [0.25, 0.3) is 0 Å². The molecule has 1 rings (SSSR count). The van der Waals surface area contributed by atoms with Gasteiger partial charge in [-0.05, 0) is 33.8 Å². The Labute approximate surface area is 91.4 Å². The maximum atomic E-state index is 13.1. The Morgan fingerprint density at radius 3 is 2.33 bits per heavy atom. The zero-order valence-electron chi connectivity index (χ0n) is 9.96. The van der Waals surface area contributed by atoms with Crippen molar-refractivity contribution in [1.82, 2.24) is 4.90 Å². The number of halogens is 1. The quantitative estimate of drug-likeness (QED) is 0.654. The van der Waals surface area contributed by atoms with Crippen LogP contribution < -0.4 is 0 Å². The van der Waals surface area contributed by atoms with Crippen molar-refractivity contribution >= 4 is 0 Å². The Kier molecular flexibility index (Phi) is 4.33. The minimum absolute atomic E-state index is 0.181. The SMILES string of the molecule is C/C=C(F)\C=C(/C)N1CC(C)OC(C)C1. The van der Waals surface area contributed by atoms with Gasteiger partial charge in [-0.1, -0.05) is 6.08 Å². The molecule has 0 aliphatic carbocycles. The average molecular weight is 213 g/mol. The fourth-order valence-electron chi connectivity index (χ4n) is 1.84. The summed E-state index contributed by atoms with van der Waals surface area (Å²) in [6, 6.07) is 0. The van der Waals surface area contributed by atoms with Crippen LogP contribution >= 0.6 is 0 Å². The number of morpholine rings is 1. The topological polar surface area (TPSA) is 12.5 Å². The van der Waals surface area contributed by atoms with Gasteiger partial charge in [0.2, 0.25) is 0 Å². The molecule has 0 saturated carbocycles. The van der Waals surface area contributed by atoms with Gasteiger partial charge in [0.05, 0.1) is 12.2 Å². The van der Waals surface area contributed by atoms with E-state index in [4.69, 9.17) is 4.74 Å². The van der Waals surface area contributed by atoms with Crippen molar-refractivity contribution in [2.24, 2.45) is 0 Å². The highest BCUT2D eigenvalue weighted by Crippen LogP contribution is 2.16. The van der Waals surface area contributed by atoms with Crippen LogP contribution in [0.15, 0.2) is 23.7 Å². The normalized spacial score (nSPS) is 29.5. The molecular weight excluding hydrogens is 193 g/mol. The summed E-state index contributed by atoms with van der Waals surface area (Å²) in [5.41, 5.74) is 0.965. The van der Waals surface area contributed by atoms with Gasteiger partial charge in [0.1, 0.15) is 5.83 Å². The van der Waals surface area contributed by atoms with Gasteiger partial charge < -0.3 is 9.64 Å². The minimum atomic E-state index is -0.181. The summed E-state index contributed by atoms with van der Waals surface area (Å²) in [5, 5.41) is 0. The predicted octanol–water partition coefficient (Wildman–Crippen LogP) is 2.87. The molecule has 1 saturated heterocycles. The minimum Gasteiger partial charge on any atom is -0.372 e. The smallest absolute Gasteiger partial charge is 0.120 e. The lowest BCUT2D eigenvalue weighted by Crippen LogP contribution is -2.44. The molecule has 1 aliphatic rings. The highest BCUT2D eigenvalue weighted by molar-refractivity contribution is 5.15. The first-order chi connectivity index (χ1) is 7.02. The molecule has 2 unspecified atom stereocenters. The fraction of sp³-hybridized carbons (Fsp3) is 0.667. The highest BCUT2D eigenvalue weighted by atomic mass is 19.1. The molecule has 0 radical (unpaired) electrons. The molecule has 2 atom stereocenters. The van der Waals surface area contributed by atoms with E-state index in [0.29, 0.717) is 0 Å². The van der Waals surface area contributed by atoms with Gasteiger partial charge in [0.25, 0.3) is 0 Å². The van der Waals surface area contributed by atoms with Crippen molar-refractivity contribution < 1.29 is 9.13 Å². The zero-order valence-corrected chi connectivity index (χ0v) is 9.96. The molecular formula is C12H20FNO. The van der Waals surface area contributed by atoms with Gasteiger partial charge in [-0.3, -0.25) is 0 Å². The van der Waals surface area contributed by atoms with Gasteiger partial charge in [0.15, 0.2) is 0 Å². The molecule has 0 aromatic carbocycles.